The molecule has 1 heterocycles. The molecule has 1 aliphatic heterocycles. The van der Waals surface area contributed by atoms with Gasteiger partial charge in [0.1, 0.15) is 0 Å². The van der Waals surface area contributed by atoms with E-state index in [9.17, 15) is 0 Å². The molecule has 72 valence electrons. The second-order valence-electron chi connectivity index (χ2n) is 3.88. The molecule has 2 unspecified atom stereocenters. The quantitative estimate of drug-likeness (QED) is 0.618. The molecule has 0 saturated carbocycles. The van der Waals surface area contributed by atoms with Crippen LogP contribution in [0, 0.1) is 5.92 Å². The van der Waals surface area contributed by atoms with E-state index >= 15 is 0 Å². The van der Waals surface area contributed by atoms with E-state index in [-0.39, 0.29) is 0 Å². The molecular formula is C10H20ClN. The second-order valence-corrected chi connectivity index (χ2v) is 4.26. The monoisotopic (exact) mass is 189 g/mol. The molecule has 0 radical (unpaired) electrons. The minimum absolute atomic E-state index is 0.756. The topological polar surface area (TPSA) is 3.24 Å². The van der Waals surface area contributed by atoms with E-state index in [1.54, 1.807) is 0 Å². The maximum absolute atomic E-state index is 5.75. The van der Waals surface area contributed by atoms with E-state index < -0.39 is 0 Å². The molecule has 1 aliphatic rings. The summed E-state index contributed by atoms with van der Waals surface area (Å²) in [7, 11) is 0. The van der Waals surface area contributed by atoms with Crippen LogP contribution >= 0.6 is 11.6 Å². The lowest BCUT2D eigenvalue weighted by Gasteiger charge is -2.37. The van der Waals surface area contributed by atoms with E-state index in [1.807, 2.05) is 0 Å². The summed E-state index contributed by atoms with van der Waals surface area (Å²) in [5, 5.41) is 0. The van der Waals surface area contributed by atoms with Gasteiger partial charge < -0.3 is 0 Å². The SMILES string of the molecule is CCC1CCC(C)N(CCCl)C1. The zero-order valence-corrected chi connectivity index (χ0v) is 8.98. The highest BCUT2D eigenvalue weighted by molar-refractivity contribution is 6.18. The summed E-state index contributed by atoms with van der Waals surface area (Å²) < 4.78 is 0. The van der Waals surface area contributed by atoms with Crippen molar-refractivity contribution in [1.29, 1.82) is 0 Å². The third-order valence-corrected chi connectivity index (χ3v) is 3.23. The third-order valence-electron chi connectivity index (χ3n) is 3.06. The number of nitrogens with zero attached hydrogens (tertiary/aromatic N) is 1. The van der Waals surface area contributed by atoms with Crippen molar-refractivity contribution in [2.75, 3.05) is 19.0 Å². The Hall–Kier alpha value is 0.250. The Labute approximate surface area is 81.1 Å². The fourth-order valence-corrected chi connectivity index (χ4v) is 2.23. The van der Waals surface area contributed by atoms with Gasteiger partial charge in [0.05, 0.1) is 0 Å². The predicted octanol–water partition coefficient (Wildman–Crippen LogP) is 2.74. The molecule has 2 atom stereocenters. The summed E-state index contributed by atoms with van der Waals surface area (Å²) in [5.41, 5.74) is 0. The van der Waals surface area contributed by atoms with Gasteiger partial charge in [-0.25, -0.2) is 0 Å². The average molecular weight is 190 g/mol. The molecule has 1 saturated heterocycles. The number of piperidine rings is 1. The van der Waals surface area contributed by atoms with Crippen LogP contribution in [0.2, 0.25) is 0 Å². The molecule has 1 fully saturated rings. The van der Waals surface area contributed by atoms with Gasteiger partial charge in [0.2, 0.25) is 0 Å². The summed E-state index contributed by atoms with van der Waals surface area (Å²) in [6.45, 7) is 6.95. The van der Waals surface area contributed by atoms with Gasteiger partial charge in [-0.1, -0.05) is 13.3 Å². The van der Waals surface area contributed by atoms with Crippen LogP contribution in [0.3, 0.4) is 0 Å². The summed E-state index contributed by atoms with van der Waals surface area (Å²) in [4.78, 5) is 2.53. The number of hydrogen-bond donors (Lipinski definition) is 0. The van der Waals surface area contributed by atoms with Crippen molar-refractivity contribution in [2.45, 2.75) is 39.2 Å². The molecule has 0 amide bonds. The molecule has 2 heteroatoms. The van der Waals surface area contributed by atoms with E-state index in [0.29, 0.717) is 0 Å². The summed E-state index contributed by atoms with van der Waals surface area (Å²) >= 11 is 5.75. The van der Waals surface area contributed by atoms with Gasteiger partial charge in [-0.15, -0.1) is 11.6 Å². The van der Waals surface area contributed by atoms with Crippen LogP contribution in [0.25, 0.3) is 0 Å². The lowest BCUT2D eigenvalue weighted by atomic mass is 9.92. The van der Waals surface area contributed by atoms with Crippen molar-refractivity contribution >= 4 is 11.6 Å². The maximum atomic E-state index is 5.75. The molecule has 0 bridgehead atoms. The zero-order valence-electron chi connectivity index (χ0n) is 8.22. The molecular weight excluding hydrogens is 170 g/mol. The first-order valence-corrected chi connectivity index (χ1v) is 5.61. The highest BCUT2D eigenvalue weighted by Crippen LogP contribution is 2.23. The summed E-state index contributed by atoms with van der Waals surface area (Å²) in [6.07, 6.45) is 4.09. The lowest BCUT2D eigenvalue weighted by molar-refractivity contribution is 0.123. The normalized spacial score (nSPS) is 32.2. The van der Waals surface area contributed by atoms with Crippen molar-refractivity contribution in [3.05, 3.63) is 0 Å². The largest absolute Gasteiger partial charge is 0.299 e. The Balaban J connectivity index is 2.36. The highest BCUT2D eigenvalue weighted by atomic mass is 35.5. The Morgan fingerprint density at radius 2 is 2.17 bits per heavy atom. The number of alkyl halides is 1. The van der Waals surface area contributed by atoms with Crippen LogP contribution in [-0.4, -0.2) is 29.9 Å². The van der Waals surface area contributed by atoms with Crippen LogP contribution in [-0.2, 0) is 0 Å². The molecule has 12 heavy (non-hydrogen) atoms. The predicted molar refractivity (Wildman–Crippen MR) is 54.8 cm³/mol. The molecule has 0 aromatic rings. The Bertz CT molecular complexity index is 127. The van der Waals surface area contributed by atoms with Gasteiger partial charge in [-0.05, 0) is 25.7 Å². The van der Waals surface area contributed by atoms with Crippen LogP contribution in [0.4, 0.5) is 0 Å². The average Bonchev–Trinajstić information content (AvgIpc) is 2.09. The smallest absolute Gasteiger partial charge is 0.0351 e. The molecule has 0 spiro atoms. The summed E-state index contributed by atoms with van der Waals surface area (Å²) in [6, 6.07) is 0.756. The minimum Gasteiger partial charge on any atom is -0.299 e. The number of halogens is 1. The van der Waals surface area contributed by atoms with Gasteiger partial charge in [-0.2, -0.15) is 0 Å². The van der Waals surface area contributed by atoms with Gasteiger partial charge in [0.15, 0.2) is 0 Å². The van der Waals surface area contributed by atoms with Crippen molar-refractivity contribution in [3.8, 4) is 0 Å². The zero-order chi connectivity index (χ0) is 8.97. The minimum atomic E-state index is 0.756. The van der Waals surface area contributed by atoms with Crippen LogP contribution in [0.1, 0.15) is 33.1 Å². The maximum Gasteiger partial charge on any atom is 0.0351 e. The Kier molecular flexibility index (Phi) is 4.38. The van der Waals surface area contributed by atoms with Crippen LogP contribution in [0.5, 0.6) is 0 Å². The van der Waals surface area contributed by atoms with E-state index in [4.69, 9.17) is 11.6 Å². The van der Waals surface area contributed by atoms with E-state index in [2.05, 4.69) is 18.7 Å². The van der Waals surface area contributed by atoms with Gasteiger partial charge in [-0.3, -0.25) is 4.90 Å². The van der Waals surface area contributed by atoms with Crippen LogP contribution < -0.4 is 0 Å². The summed E-state index contributed by atoms with van der Waals surface area (Å²) in [5.74, 6) is 1.70. The van der Waals surface area contributed by atoms with E-state index in [0.717, 1.165) is 24.4 Å². The molecule has 0 aromatic carbocycles. The van der Waals surface area contributed by atoms with Crippen LogP contribution in [0.15, 0.2) is 0 Å². The molecule has 0 aromatic heterocycles. The van der Waals surface area contributed by atoms with Crippen molar-refractivity contribution in [1.82, 2.24) is 4.90 Å². The van der Waals surface area contributed by atoms with Crippen molar-refractivity contribution in [3.63, 3.8) is 0 Å². The van der Waals surface area contributed by atoms with Gasteiger partial charge in [0.25, 0.3) is 0 Å². The standard InChI is InChI=1S/C10H20ClN/c1-3-10-5-4-9(2)12(8-10)7-6-11/h9-10H,3-8H2,1-2H3. The first-order chi connectivity index (χ1) is 5.77. The molecule has 0 aliphatic carbocycles. The first kappa shape index (κ1) is 10.3. The van der Waals surface area contributed by atoms with Crippen molar-refractivity contribution in [2.24, 2.45) is 5.92 Å². The van der Waals surface area contributed by atoms with Crippen molar-refractivity contribution < 1.29 is 0 Å². The molecule has 0 N–H and O–H groups in total. The second kappa shape index (κ2) is 5.08. The van der Waals surface area contributed by atoms with Gasteiger partial charge >= 0.3 is 0 Å². The molecule has 1 rings (SSSR count). The number of hydrogen-bond acceptors (Lipinski definition) is 1. The lowest BCUT2D eigenvalue weighted by Crippen LogP contribution is -2.42. The fraction of sp³-hybridized carbons (Fsp3) is 1.00. The Morgan fingerprint density at radius 3 is 2.75 bits per heavy atom. The third kappa shape index (κ3) is 2.63. The number of likely N-dealkylation sites (tertiary alicyclic amines) is 1. The van der Waals surface area contributed by atoms with Gasteiger partial charge in [0, 0.05) is 25.0 Å². The highest BCUT2D eigenvalue weighted by Gasteiger charge is 2.23. The Morgan fingerprint density at radius 1 is 1.42 bits per heavy atom. The van der Waals surface area contributed by atoms with E-state index in [1.165, 1.54) is 25.8 Å². The molecule has 1 nitrogen and oxygen atoms in total. The first-order valence-electron chi connectivity index (χ1n) is 5.08. The fourth-order valence-electron chi connectivity index (χ4n) is 2.02. The number of rotatable bonds is 3.